The number of rotatable bonds is 2. The molecular weight excluding hydrogens is 320 g/mol. The van der Waals surface area contributed by atoms with Gasteiger partial charge in [0.2, 0.25) is 0 Å². The van der Waals surface area contributed by atoms with E-state index < -0.39 is 0 Å². The van der Waals surface area contributed by atoms with E-state index in [1.165, 1.54) is 10.1 Å². The Morgan fingerprint density at radius 3 is 2.89 bits per heavy atom. The Kier molecular flexibility index (Phi) is 3.24. The molecule has 1 heterocycles. The molecule has 1 aromatic heterocycles. The van der Waals surface area contributed by atoms with Crippen LogP contribution in [0.4, 0.5) is 11.4 Å². The first-order valence-corrected chi connectivity index (χ1v) is 7.38. The first-order chi connectivity index (χ1) is 9.28. The number of hydrogen-bond donors (Lipinski definition) is 1. The summed E-state index contributed by atoms with van der Waals surface area (Å²) in [6.07, 6.45) is 0. The van der Waals surface area contributed by atoms with Crippen LogP contribution in [0.5, 0.6) is 0 Å². The van der Waals surface area contributed by atoms with Crippen LogP contribution in [0, 0.1) is 11.3 Å². The number of hydrogen-bond acceptors (Lipinski definition) is 3. The molecule has 0 saturated heterocycles. The minimum atomic E-state index is 0.618. The fraction of sp³-hybridized carbons (Fsp3) is 0. The highest BCUT2D eigenvalue weighted by molar-refractivity contribution is 9.10. The molecule has 0 aliphatic heterocycles. The van der Waals surface area contributed by atoms with Gasteiger partial charge in [0, 0.05) is 14.9 Å². The third kappa shape index (κ3) is 2.35. The molecule has 3 aromatic rings. The number of benzene rings is 2. The van der Waals surface area contributed by atoms with Gasteiger partial charge in [0.1, 0.15) is 6.07 Å². The van der Waals surface area contributed by atoms with E-state index in [-0.39, 0.29) is 0 Å². The summed E-state index contributed by atoms with van der Waals surface area (Å²) in [6.45, 7) is 0. The first kappa shape index (κ1) is 12.2. The van der Waals surface area contributed by atoms with Crippen LogP contribution >= 0.6 is 27.3 Å². The van der Waals surface area contributed by atoms with E-state index in [0.717, 1.165) is 15.8 Å². The Bertz CT molecular complexity index is 786. The molecule has 19 heavy (non-hydrogen) atoms. The van der Waals surface area contributed by atoms with Crippen LogP contribution in [-0.2, 0) is 0 Å². The zero-order valence-electron chi connectivity index (χ0n) is 9.85. The van der Waals surface area contributed by atoms with Gasteiger partial charge in [-0.1, -0.05) is 6.07 Å². The lowest BCUT2D eigenvalue weighted by molar-refractivity contribution is 1.45. The van der Waals surface area contributed by atoms with Gasteiger partial charge < -0.3 is 5.32 Å². The average Bonchev–Trinajstić information content (AvgIpc) is 2.86. The van der Waals surface area contributed by atoms with Gasteiger partial charge in [0.05, 0.1) is 11.3 Å². The molecule has 0 saturated carbocycles. The number of halogens is 1. The van der Waals surface area contributed by atoms with Crippen molar-refractivity contribution < 1.29 is 0 Å². The fourth-order valence-corrected chi connectivity index (χ4v) is 3.17. The molecule has 0 aliphatic carbocycles. The molecule has 0 spiro atoms. The maximum atomic E-state index is 9.20. The molecule has 0 aliphatic rings. The van der Waals surface area contributed by atoms with Gasteiger partial charge in [-0.2, -0.15) is 5.26 Å². The van der Waals surface area contributed by atoms with E-state index in [0.29, 0.717) is 5.56 Å². The maximum Gasteiger partial charge on any atom is 0.103 e. The number of anilines is 2. The quantitative estimate of drug-likeness (QED) is 0.694. The molecule has 1 N–H and O–H groups in total. The summed E-state index contributed by atoms with van der Waals surface area (Å²) in [7, 11) is 0. The monoisotopic (exact) mass is 328 g/mol. The molecule has 0 bridgehead atoms. The van der Waals surface area contributed by atoms with Crippen molar-refractivity contribution in [3.8, 4) is 6.07 Å². The smallest absolute Gasteiger partial charge is 0.103 e. The molecule has 2 aromatic carbocycles. The van der Waals surface area contributed by atoms with E-state index in [4.69, 9.17) is 0 Å². The highest BCUT2D eigenvalue weighted by atomic mass is 79.9. The second-order valence-corrected chi connectivity index (χ2v) is 5.87. The Balaban J connectivity index is 2.01. The van der Waals surface area contributed by atoms with Gasteiger partial charge in [0.25, 0.3) is 0 Å². The van der Waals surface area contributed by atoms with Gasteiger partial charge in [-0.3, -0.25) is 0 Å². The Morgan fingerprint density at radius 1 is 1.16 bits per heavy atom. The molecular formula is C15H9BrN2S. The first-order valence-electron chi connectivity index (χ1n) is 5.71. The molecule has 4 heteroatoms. The molecule has 0 atom stereocenters. The summed E-state index contributed by atoms with van der Waals surface area (Å²) in [4.78, 5) is 0. The van der Waals surface area contributed by atoms with Crippen molar-refractivity contribution in [2.24, 2.45) is 0 Å². The van der Waals surface area contributed by atoms with Crippen LogP contribution in [0.1, 0.15) is 5.56 Å². The molecule has 3 rings (SSSR count). The predicted molar refractivity (Wildman–Crippen MR) is 84.0 cm³/mol. The van der Waals surface area contributed by atoms with Gasteiger partial charge >= 0.3 is 0 Å². The minimum absolute atomic E-state index is 0.618. The van der Waals surface area contributed by atoms with E-state index in [1.54, 1.807) is 11.3 Å². The van der Waals surface area contributed by atoms with Crippen molar-refractivity contribution in [2.75, 3.05) is 5.32 Å². The number of nitrogens with zero attached hydrogens (tertiary/aromatic N) is 1. The van der Waals surface area contributed by atoms with E-state index in [1.807, 2.05) is 24.3 Å². The molecule has 92 valence electrons. The number of nitriles is 1. The minimum Gasteiger partial charge on any atom is -0.354 e. The predicted octanol–water partition coefficient (Wildman–Crippen LogP) is 5.28. The summed E-state index contributed by atoms with van der Waals surface area (Å²) >= 11 is 5.12. The molecule has 0 unspecified atom stereocenters. The van der Waals surface area contributed by atoms with Crippen molar-refractivity contribution in [1.29, 1.82) is 5.26 Å². The largest absolute Gasteiger partial charge is 0.354 e. The Labute approximate surface area is 123 Å². The van der Waals surface area contributed by atoms with Crippen LogP contribution in [-0.4, -0.2) is 0 Å². The van der Waals surface area contributed by atoms with Gasteiger partial charge in [0.15, 0.2) is 0 Å². The van der Waals surface area contributed by atoms with Crippen LogP contribution in [0.2, 0.25) is 0 Å². The van der Waals surface area contributed by atoms with Gasteiger partial charge in [-0.15, -0.1) is 11.3 Å². The van der Waals surface area contributed by atoms with E-state index in [9.17, 15) is 5.26 Å². The lowest BCUT2D eigenvalue weighted by atomic mass is 10.1. The van der Waals surface area contributed by atoms with Crippen molar-refractivity contribution in [3.05, 3.63) is 57.9 Å². The highest BCUT2D eigenvalue weighted by Gasteiger charge is 2.06. The van der Waals surface area contributed by atoms with Crippen molar-refractivity contribution in [2.45, 2.75) is 0 Å². The average molecular weight is 329 g/mol. The van der Waals surface area contributed by atoms with Crippen molar-refractivity contribution in [1.82, 2.24) is 0 Å². The van der Waals surface area contributed by atoms with Crippen LogP contribution in [0.25, 0.3) is 10.1 Å². The normalized spacial score (nSPS) is 10.3. The number of thiophene rings is 1. The zero-order chi connectivity index (χ0) is 13.2. The molecule has 0 fully saturated rings. The standard InChI is InChI=1S/C15H9BrN2S/c16-13-2-1-3-14(12(13)9-17)18-11-4-5-15-10(8-11)6-7-19-15/h1-8,18H. The summed E-state index contributed by atoms with van der Waals surface area (Å²) in [5, 5.41) is 15.8. The lowest BCUT2D eigenvalue weighted by Gasteiger charge is -2.09. The number of fused-ring (bicyclic) bond motifs is 1. The van der Waals surface area contributed by atoms with Crippen molar-refractivity contribution in [3.63, 3.8) is 0 Å². The van der Waals surface area contributed by atoms with Crippen LogP contribution in [0.15, 0.2) is 52.3 Å². The Morgan fingerprint density at radius 2 is 2.05 bits per heavy atom. The van der Waals surface area contributed by atoms with E-state index >= 15 is 0 Å². The van der Waals surface area contributed by atoms with E-state index in [2.05, 4.69) is 50.9 Å². The van der Waals surface area contributed by atoms with Gasteiger partial charge in [-0.25, -0.2) is 0 Å². The van der Waals surface area contributed by atoms with Crippen LogP contribution in [0.3, 0.4) is 0 Å². The lowest BCUT2D eigenvalue weighted by Crippen LogP contribution is -1.93. The van der Waals surface area contributed by atoms with Gasteiger partial charge in [-0.05, 0) is 63.1 Å². The second kappa shape index (κ2) is 5.04. The molecule has 2 nitrogen and oxygen atoms in total. The zero-order valence-corrected chi connectivity index (χ0v) is 12.3. The summed E-state index contributed by atoms with van der Waals surface area (Å²) in [6, 6.07) is 16.2. The summed E-state index contributed by atoms with van der Waals surface area (Å²) in [5.74, 6) is 0. The summed E-state index contributed by atoms with van der Waals surface area (Å²) in [5.41, 5.74) is 2.42. The third-order valence-electron chi connectivity index (χ3n) is 2.86. The fourth-order valence-electron chi connectivity index (χ4n) is 1.94. The molecule has 0 amide bonds. The highest BCUT2D eigenvalue weighted by Crippen LogP contribution is 2.29. The van der Waals surface area contributed by atoms with Crippen LogP contribution < -0.4 is 5.32 Å². The Hall–Kier alpha value is -1.83. The maximum absolute atomic E-state index is 9.20. The van der Waals surface area contributed by atoms with Crippen molar-refractivity contribution >= 4 is 48.7 Å². The number of nitrogens with one attached hydrogen (secondary N) is 1. The SMILES string of the molecule is N#Cc1c(Br)cccc1Nc1ccc2sccc2c1. The summed E-state index contributed by atoms with van der Waals surface area (Å²) < 4.78 is 2.07. The second-order valence-electron chi connectivity index (χ2n) is 4.07. The molecule has 0 radical (unpaired) electrons. The third-order valence-corrected chi connectivity index (χ3v) is 4.42. The topological polar surface area (TPSA) is 35.8 Å².